The Kier molecular flexibility index (Phi) is 5.87. The van der Waals surface area contributed by atoms with Crippen molar-refractivity contribution in [2.45, 2.75) is 38.4 Å². The number of rotatable bonds is 7. The Morgan fingerprint density at radius 1 is 1.17 bits per heavy atom. The molecular formula is C21H21ClF2N2O3. The monoisotopic (exact) mass is 422 g/mol. The summed E-state index contributed by atoms with van der Waals surface area (Å²) in [5, 5.41) is 3.93. The summed E-state index contributed by atoms with van der Waals surface area (Å²) in [5.74, 6) is -0.494. The predicted octanol–water partition coefficient (Wildman–Crippen LogP) is 4.02. The van der Waals surface area contributed by atoms with Crippen LogP contribution in [0.15, 0.2) is 30.3 Å². The molecule has 1 atom stereocenters. The first-order chi connectivity index (χ1) is 14.0. The molecule has 0 unspecified atom stereocenters. The minimum atomic E-state index is -0.895. The number of carbonyl (C=O) groups excluding carboxylic acids is 1. The molecule has 5 nitrogen and oxygen atoms in total. The van der Waals surface area contributed by atoms with Gasteiger partial charge >= 0.3 is 0 Å². The summed E-state index contributed by atoms with van der Waals surface area (Å²) in [6.07, 6.45) is 1.85. The number of likely N-dealkylation sites (tertiary alicyclic amines) is 1. The molecule has 2 aromatic carbocycles. The van der Waals surface area contributed by atoms with Crippen LogP contribution < -0.4 is 14.8 Å². The Bertz CT molecular complexity index is 925. The summed E-state index contributed by atoms with van der Waals surface area (Å²) < 4.78 is 38.1. The summed E-state index contributed by atoms with van der Waals surface area (Å²) in [5.41, 5.74) is 1.10. The molecule has 1 amide bonds. The van der Waals surface area contributed by atoms with Crippen LogP contribution in [0.25, 0.3) is 0 Å². The normalized spacial score (nSPS) is 18.0. The fourth-order valence-corrected chi connectivity index (χ4v) is 3.97. The number of amides is 1. The van der Waals surface area contributed by atoms with Crippen LogP contribution in [-0.2, 0) is 17.9 Å². The lowest BCUT2D eigenvalue weighted by Gasteiger charge is -2.25. The van der Waals surface area contributed by atoms with E-state index in [1.807, 2.05) is 6.07 Å². The fraction of sp³-hybridized carbons (Fsp3) is 0.381. The molecule has 0 aliphatic carbocycles. The number of fused-ring (bicyclic) bond motifs is 1. The van der Waals surface area contributed by atoms with Gasteiger partial charge in [-0.2, -0.15) is 0 Å². The van der Waals surface area contributed by atoms with E-state index in [-0.39, 0.29) is 30.9 Å². The van der Waals surface area contributed by atoms with Gasteiger partial charge in [0, 0.05) is 42.2 Å². The first kappa shape index (κ1) is 19.9. The molecule has 1 N–H and O–H groups in total. The summed E-state index contributed by atoms with van der Waals surface area (Å²) in [6, 6.07) is 7.64. The number of halogens is 3. The topological polar surface area (TPSA) is 50.8 Å². The first-order valence-electron chi connectivity index (χ1n) is 9.54. The van der Waals surface area contributed by atoms with Crippen LogP contribution in [0.2, 0.25) is 5.02 Å². The molecule has 2 heterocycles. The number of benzene rings is 2. The fourth-order valence-electron chi connectivity index (χ4n) is 3.75. The van der Waals surface area contributed by atoms with Gasteiger partial charge in [0.05, 0.1) is 0 Å². The molecule has 4 rings (SSSR count). The lowest BCUT2D eigenvalue weighted by atomic mass is 10.1. The third-order valence-corrected chi connectivity index (χ3v) is 5.69. The van der Waals surface area contributed by atoms with Crippen LogP contribution >= 0.6 is 11.6 Å². The lowest BCUT2D eigenvalue weighted by molar-refractivity contribution is -0.129. The average Bonchev–Trinajstić information content (AvgIpc) is 3.29. The smallest absolute Gasteiger partial charge is 0.231 e. The van der Waals surface area contributed by atoms with E-state index in [2.05, 4.69) is 5.32 Å². The van der Waals surface area contributed by atoms with E-state index in [1.54, 1.807) is 11.0 Å². The van der Waals surface area contributed by atoms with Gasteiger partial charge in [-0.25, -0.2) is 8.78 Å². The standard InChI is InChI=1S/C21H21ClF2N2O3/c22-16-9-19-18(28-12-29-19)8-14(16)10-25-7-6-15-4-5-20(27)26(15)11-13-2-1-3-17(23)21(13)24/h1-3,8-9,15,25H,4-7,10-12H2/t15-/m0/s1. The second kappa shape index (κ2) is 8.55. The van der Waals surface area contributed by atoms with Gasteiger partial charge in [-0.1, -0.05) is 23.7 Å². The second-order valence-electron chi connectivity index (χ2n) is 7.19. The lowest BCUT2D eigenvalue weighted by Crippen LogP contribution is -2.35. The van der Waals surface area contributed by atoms with Crippen LogP contribution in [0.3, 0.4) is 0 Å². The van der Waals surface area contributed by atoms with Gasteiger partial charge in [-0.05, 0) is 37.1 Å². The van der Waals surface area contributed by atoms with Crippen molar-refractivity contribution in [2.75, 3.05) is 13.3 Å². The third-order valence-electron chi connectivity index (χ3n) is 5.34. The minimum absolute atomic E-state index is 0.00936. The number of nitrogens with zero attached hydrogens (tertiary/aromatic N) is 1. The maximum absolute atomic E-state index is 14.0. The maximum atomic E-state index is 14.0. The van der Waals surface area contributed by atoms with E-state index in [1.165, 1.54) is 12.1 Å². The highest BCUT2D eigenvalue weighted by Gasteiger charge is 2.31. The summed E-state index contributed by atoms with van der Waals surface area (Å²) >= 11 is 6.28. The van der Waals surface area contributed by atoms with Crippen molar-refractivity contribution < 1.29 is 23.0 Å². The van der Waals surface area contributed by atoms with Crippen molar-refractivity contribution in [3.63, 3.8) is 0 Å². The summed E-state index contributed by atoms with van der Waals surface area (Å²) in [4.78, 5) is 13.9. The Balaban J connectivity index is 1.32. The molecule has 2 aliphatic heterocycles. The van der Waals surface area contributed by atoms with Crippen LogP contribution in [-0.4, -0.2) is 30.2 Å². The average molecular weight is 423 g/mol. The van der Waals surface area contributed by atoms with E-state index in [4.69, 9.17) is 21.1 Å². The molecule has 2 aliphatic rings. The predicted molar refractivity (Wildman–Crippen MR) is 104 cm³/mol. The Morgan fingerprint density at radius 2 is 1.97 bits per heavy atom. The first-order valence-corrected chi connectivity index (χ1v) is 9.92. The van der Waals surface area contributed by atoms with Gasteiger partial charge in [0.1, 0.15) is 0 Å². The molecule has 2 aromatic rings. The molecule has 8 heteroatoms. The van der Waals surface area contributed by atoms with Gasteiger partial charge in [0.25, 0.3) is 0 Å². The van der Waals surface area contributed by atoms with Gasteiger partial charge in [-0.15, -0.1) is 0 Å². The van der Waals surface area contributed by atoms with Crippen molar-refractivity contribution in [3.05, 3.63) is 58.1 Å². The zero-order valence-electron chi connectivity index (χ0n) is 15.7. The van der Waals surface area contributed by atoms with Crippen molar-refractivity contribution in [1.82, 2.24) is 10.2 Å². The molecule has 0 saturated carbocycles. The van der Waals surface area contributed by atoms with Gasteiger partial charge in [0.15, 0.2) is 23.1 Å². The van der Waals surface area contributed by atoms with Crippen LogP contribution in [0.5, 0.6) is 11.5 Å². The molecule has 0 aromatic heterocycles. The molecule has 154 valence electrons. The largest absolute Gasteiger partial charge is 0.454 e. The number of hydrogen-bond acceptors (Lipinski definition) is 4. The second-order valence-corrected chi connectivity index (χ2v) is 7.60. The number of hydrogen-bond donors (Lipinski definition) is 1. The molecule has 0 radical (unpaired) electrons. The highest BCUT2D eigenvalue weighted by atomic mass is 35.5. The van der Waals surface area contributed by atoms with Crippen molar-refractivity contribution in [2.24, 2.45) is 0 Å². The third kappa shape index (κ3) is 4.31. The van der Waals surface area contributed by atoms with E-state index in [0.29, 0.717) is 48.9 Å². The van der Waals surface area contributed by atoms with Crippen molar-refractivity contribution in [1.29, 1.82) is 0 Å². The summed E-state index contributed by atoms with van der Waals surface area (Å²) in [6.45, 7) is 1.49. The highest BCUT2D eigenvalue weighted by Crippen LogP contribution is 2.36. The minimum Gasteiger partial charge on any atom is -0.454 e. The van der Waals surface area contributed by atoms with Gasteiger partial charge in [-0.3, -0.25) is 4.79 Å². The van der Waals surface area contributed by atoms with Crippen LogP contribution in [0.4, 0.5) is 8.78 Å². The maximum Gasteiger partial charge on any atom is 0.231 e. The zero-order valence-corrected chi connectivity index (χ0v) is 16.5. The van der Waals surface area contributed by atoms with E-state index < -0.39 is 11.6 Å². The molecule has 29 heavy (non-hydrogen) atoms. The zero-order chi connectivity index (χ0) is 20.4. The number of nitrogens with one attached hydrogen (secondary N) is 1. The number of carbonyl (C=O) groups is 1. The molecule has 1 saturated heterocycles. The van der Waals surface area contributed by atoms with Gasteiger partial charge in [0.2, 0.25) is 12.7 Å². The van der Waals surface area contributed by atoms with E-state index >= 15 is 0 Å². The van der Waals surface area contributed by atoms with Crippen molar-refractivity contribution in [3.8, 4) is 11.5 Å². The Morgan fingerprint density at radius 3 is 2.79 bits per heavy atom. The van der Waals surface area contributed by atoms with Crippen LogP contribution in [0.1, 0.15) is 30.4 Å². The van der Waals surface area contributed by atoms with Gasteiger partial charge < -0.3 is 19.7 Å². The molecule has 1 fully saturated rings. The van der Waals surface area contributed by atoms with Crippen LogP contribution in [0, 0.1) is 11.6 Å². The van der Waals surface area contributed by atoms with E-state index in [0.717, 1.165) is 11.6 Å². The van der Waals surface area contributed by atoms with E-state index in [9.17, 15) is 13.6 Å². The molecular weight excluding hydrogens is 402 g/mol. The van der Waals surface area contributed by atoms with Crippen molar-refractivity contribution >= 4 is 17.5 Å². The quantitative estimate of drug-likeness (QED) is 0.685. The Labute approximate surface area is 172 Å². The summed E-state index contributed by atoms with van der Waals surface area (Å²) in [7, 11) is 0. The molecule has 0 spiro atoms. The molecule has 0 bridgehead atoms. The highest BCUT2D eigenvalue weighted by molar-refractivity contribution is 6.31. The SMILES string of the molecule is O=C1CC[C@@H](CCNCc2cc3c(cc2Cl)OCO3)N1Cc1cccc(F)c1F. The number of ether oxygens (including phenoxy) is 2. The Hall–Kier alpha value is -2.38.